The van der Waals surface area contributed by atoms with Gasteiger partial charge in [-0.3, -0.25) is 9.69 Å². The maximum atomic E-state index is 11.3. The summed E-state index contributed by atoms with van der Waals surface area (Å²) >= 11 is 1.53. The molecule has 2 heterocycles. The van der Waals surface area contributed by atoms with Crippen LogP contribution in [0.15, 0.2) is 41.8 Å². The topological polar surface area (TPSA) is 98.9 Å². The maximum absolute atomic E-state index is 11.3. The number of hydrogen-bond donors (Lipinski definition) is 1. The summed E-state index contributed by atoms with van der Waals surface area (Å²) < 4.78 is 11.4. The molecule has 0 aliphatic carbocycles. The van der Waals surface area contributed by atoms with Crippen LogP contribution in [0.3, 0.4) is 0 Å². The number of rotatable bonds is 11. The van der Waals surface area contributed by atoms with Gasteiger partial charge in [0.1, 0.15) is 12.4 Å². The van der Waals surface area contributed by atoms with Crippen molar-refractivity contribution in [3.63, 3.8) is 0 Å². The third-order valence-electron chi connectivity index (χ3n) is 6.91. The molecule has 9 heteroatoms. The van der Waals surface area contributed by atoms with Gasteiger partial charge in [0.15, 0.2) is 5.13 Å². The minimum Gasteiger partial charge on any atom is -0.488 e. The van der Waals surface area contributed by atoms with E-state index in [4.69, 9.17) is 14.5 Å². The third-order valence-corrected chi connectivity index (χ3v) is 7.81. The molecule has 0 amide bonds. The van der Waals surface area contributed by atoms with Gasteiger partial charge < -0.3 is 19.5 Å². The van der Waals surface area contributed by atoms with E-state index in [1.54, 1.807) is 13.2 Å². The summed E-state index contributed by atoms with van der Waals surface area (Å²) in [5, 5.41) is 21.6. The molecule has 0 saturated carbocycles. The number of aromatic nitrogens is 1. The first-order chi connectivity index (χ1) is 18.4. The molecule has 4 rings (SSSR count). The van der Waals surface area contributed by atoms with Gasteiger partial charge in [-0.05, 0) is 61.7 Å². The van der Waals surface area contributed by atoms with E-state index < -0.39 is 5.97 Å². The highest BCUT2D eigenvalue weighted by Gasteiger charge is 2.26. The molecular formula is C29H34N4O4S. The Labute approximate surface area is 228 Å². The number of anilines is 1. The van der Waals surface area contributed by atoms with Crippen LogP contribution >= 0.6 is 11.3 Å². The molecular weight excluding hydrogens is 500 g/mol. The van der Waals surface area contributed by atoms with Crippen molar-refractivity contribution in [3.05, 3.63) is 64.0 Å². The lowest BCUT2D eigenvalue weighted by Crippen LogP contribution is -2.36. The number of benzene rings is 2. The first-order valence-corrected chi connectivity index (χ1v) is 13.6. The van der Waals surface area contributed by atoms with E-state index in [9.17, 15) is 15.2 Å². The zero-order valence-electron chi connectivity index (χ0n) is 22.1. The maximum Gasteiger partial charge on any atom is 0.306 e. The van der Waals surface area contributed by atoms with Gasteiger partial charge in [0.05, 0.1) is 29.9 Å². The molecule has 1 saturated heterocycles. The zero-order chi connectivity index (χ0) is 27.1. The van der Waals surface area contributed by atoms with E-state index in [0.717, 1.165) is 35.0 Å². The van der Waals surface area contributed by atoms with Crippen LogP contribution in [0.4, 0.5) is 5.13 Å². The molecule has 1 aromatic heterocycles. The Hall–Kier alpha value is -3.45. The molecule has 1 fully saturated rings. The summed E-state index contributed by atoms with van der Waals surface area (Å²) in [4.78, 5) is 20.5. The average molecular weight is 535 g/mol. The number of piperidine rings is 1. The Morgan fingerprint density at radius 2 is 2.05 bits per heavy atom. The molecule has 0 radical (unpaired) electrons. The highest BCUT2D eigenvalue weighted by Crippen LogP contribution is 2.36. The van der Waals surface area contributed by atoms with Gasteiger partial charge in [-0.1, -0.05) is 18.2 Å². The zero-order valence-corrected chi connectivity index (χ0v) is 23.0. The number of nitriles is 1. The molecule has 0 atom stereocenters. The number of carbonyl (C=O) groups is 1. The predicted molar refractivity (Wildman–Crippen MR) is 149 cm³/mol. The molecule has 0 unspecified atom stereocenters. The first kappa shape index (κ1) is 27.6. The van der Waals surface area contributed by atoms with Crippen LogP contribution in [0.5, 0.6) is 5.75 Å². The number of thiazole rings is 1. The van der Waals surface area contributed by atoms with Crippen LogP contribution in [0.25, 0.3) is 11.3 Å². The molecule has 1 aliphatic rings. The molecule has 1 N–H and O–H groups in total. The lowest BCUT2D eigenvalue weighted by Gasteiger charge is -2.29. The summed E-state index contributed by atoms with van der Waals surface area (Å²) in [5.41, 5.74) is 5.58. The molecule has 38 heavy (non-hydrogen) atoms. The number of hydrogen-bond acceptors (Lipinski definition) is 8. The van der Waals surface area contributed by atoms with Crippen LogP contribution in [-0.2, 0) is 22.7 Å². The summed E-state index contributed by atoms with van der Waals surface area (Å²) in [5.74, 6) is -0.334. The van der Waals surface area contributed by atoms with Crippen molar-refractivity contribution in [2.75, 3.05) is 45.3 Å². The van der Waals surface area contributed by atoms with Crippen LogP contribution in [-0.4, -0.2) is 61.4 Å². The largest absolute Gasteiger partial charge is 0.488 e. The fraction of sp³-hybridized carbons (Fsp3) is 0.414. The second-order valence-corrected chi connectivity index (χ2v) is 10.6. The molecule has 0 spiro atoms. The number of nitrogens with zero attached hydrogens (tertiary/aromatic N) is 4. The molecule has 8 nitrogen and oxygen atoms in total. The van der Waals surface area contributed by atoms with E-state index in [0.29, 0.717) is 50.5 Å². The van der Waals surface area contributed by atoms with Crippen LogP contribution in [0.1, 0.15) is 35.1 Å². The highest BCUT2D eigenvalue weighted by atomic mass is 32.1. The van der Waals surface area contributed by atoms with Gasteiger partial charge in [-0.15, -0.1) is 11.3 Å². The first-order valence-electron chi connectivity index (χ1n) is 12.7. The van der Waals surface area contributed by atoms with Gasteiger partial charge in [0, 0.05) is 44.2 Å². The fourth-order valence-electron chi connectivity index (χ4n) is 4.59. The quantitative estimate of drug-likeness (QED) is 0.369. The Bertz CT molecular complexity index is 1290. The number of carboxylic acids is 1. The monoisotopic (exact) mass is 534 g/mol. The summed E-state index contributed by atoms with van der Waals surface area (Å²) in [7, 11) is 3.80. The van der Waals surface area contributed by atoms with Crippen molar-refractivity contribution < 1.29 is 19.4 Å². The Balaban J connectivity index is 1.47. The second-order valence-electron chi connectivity index (χ2n) is 9.72. The smallest absolute Gasteiger partial charge is 0.306 e. The van der Waals surface area contributed by atoms with Crippen molar-refractivity contribution in [1.82, 2.24) is 9.88 Å². The summed E-state index contributed by atoms with van der Waals surface area (Å²) in [6.45, 7) is 6.28. The van der Waals surface area contributed by atoms with Crippen LogP contribution < -0.4 is 9.64 Å². The molecule has 2 aromatic carbocycles. The van der Waals surface area contributed by atoms with Crippen molar-refractivity contribution in [2.45, 2.75) is 32.9 Å². The van der Waals surface area contributed by atoms with E-state index >= 15 is 0 Å². The van der Waals surface area contributed by atoms with Crippen LogP contribution in [0.2, 0.25) is 0 Å². The van der Waals surface area contributed by atoms with Crippen molar-refractivity contribution in [3.8, 4) is 23.1 Å². The van der Waals surface area contributed by atoms with E-state index in [1.807, 2.05) is 17.5 Å². The van der Waals surface area contributed by atoms with Gasteiger partial charge >= 0.3 is 5.97 Å². The van der Waals surface area contributed by atoms with Crippen molar-refractivity contribution in [2.24, 2.45) is 5.92 Å². The SMILES string of the molecule is COCCN(C)Cc1ccc(COc2ccc(C#N)cc2-c2csc(N3CCC(C(=O)O)CC3)n2)c(C)c1. The van der Waals surface area contributed by atoms with Crippen molar-refractivity contribution in [1.29, 1.82) is 5.26 Å². The number of aryl methyl sites for hydroxylation is 1. The summed E-state index contributed by atoms with van der Waals surface area (Å²) in [6.07, 6.45) is 1.23. The second kappa shape index (κ2) is 12.9. The van der Waals surface area contributed by atoms with E-state index in [-0.39, 0.29) is 5.92 Å². The minimum atomic E-state index is -0.723. The Morgan fingerprint density at radius 3 is 2.74 bits per heavy atom. The molecule has 1 aliphatic heterocycles. The molecule has 200 valence electrons. The highest BCUT2D eigenvalue weighted by molar-refractivity contribution is 7.14. The summed E-state index contributed by atoms with van der Waals surface area (Å²) in [6, 6.07) is 14.1. The minimum absolute atomic E-state index is 0.285. The average Bonchev–Trinajstić information content (AvgIpc) is 3.42. The fourth-order valence-corrected chi connectivity index (χ4v) is 5.47. The molecule has 3 aromatic rings. The molecule has 0 bridgehead atoms. The van der Waals surface area contributed by atoms with Gasteiger partial charge in [0.2, 0.25) is 0 Å². The van der Waals surface area contributed by atoms with Gasteiger partial charge in [-0.25, -0.2) is 4.98 Å². The lowest BCUT2D eigenvalue weighted by molar-refractivity contribution is -0.142. The Kier molecular flexibility index (Phi) is 9.34. The Morgan fingerprint density at radius 1 is 1.26 bits per heavy atom. The third kappa shape index (κ3) is 6.90. The van der Waals surface area contributed by atoms with Gasteiger partial charge in [-0.2, -0.15) is 5.26 Å². The standard InChI is InChI=1S/C29H34N4O4S/c1-20-14-22(17-32(2)12-13-36-3)4-6-24(20)18-37-27-7-5-21(16-30)15-25(27)26-19-38-29(31-26)33-10-8-23(9-11-33)28(34)35/h4-7,14-15,19,23H,8-13,17-18H2,1-3H3,(H,34,35). The predicted octanol–water partition coefficient (Wildman–Crippen LogP) is 4.95. The number of carboxylic acid groups (broad SMARTS) is 1. The lowest BCUT2D eigenvalue weighted by atomic mass is 9.97. The number of ether oxygens (including phenoxy) is 2. The number of likely N-dealkylation sites (N-methyl/N-ethyl adjacent to an activating group) is 1. The normalized spacial score (nSPS) is 14.0. The number of methoxy groups -OCH3 is 1. The van der Waals surface area contributed by atoms with Crippen molar-refractivity contribution >= 4 is 22.4 Å². The number of aliphatic carboxylic acids is 1. The van der Waals surface area contributed by atoms with Gasteiger partial charge in [0.25, 0.3) is 0 Å². The van der Waals surface area contributed by atoms with Crippen LogP contribution in [0, 0.1) is 24.2 Å². The van der Waals surface area contributed by atoms with E-state index in [2.05, 4.69) is 48.0 Å². The van der Waals surface area contributed by atoms with E-state index in [1.165, 1.54) is 22.5 Å².